The van der Waals surface area contributed by atoms with Gasteiger partial charge >= 0.3 is 5.97 Å². The van der Waals surface area contributed by atoms with Crippen LogP contribution in [-0.4, -0.2) is 11.0 Å². The molecule has 5 heteroatoms. The largest absolute Gasteiger partial charge is 0.438 e. The Morgan fingerprint density at radius 3 is 2.73 bits per heavy atom. The van der Waals surface area contributed by atoms with Gasteiger partial charge in [-0.15, -0.1) is 0 Å². The second-order valence-electron chi connectivity index (χ2n) is 4.89. The highest BCUT2D eigenvalue weighted by molar-refractivity contribution is 7.71. The third-order valence-electron chi connectivity index (χ3n) is 3.20. The van der Waals surface area contributed by atoms with Gasteiger partial charge in [0.15, 0.2) is 0 Å². The van der Waals surface area contributed by atoms with Gasteiger partial charge in [0.2, 0.25) is 5.89 Å². The van der Waals surface area contributed by atoms with E-state index in [0.717, 1.165) is 16.5 Å². The van der Waals surface area contributed by atoms with E-state index >= 15 is 0 Å². The number of para-hydroxylation sites is 1. The van der Waals surface area contributed by atoms with Crippen LogP contribution in [0.15, 0.2) is 46.9 Å². The fourth-order valence-corrected chi connectivity index (χ4v) is 2.44. The first-order valence-corrected chi connectivity index (χ1v) is 7.15. The van der Waals surface area contributed by atoms with E-state index in [1.165, 1.54) is 6.92 Å². The number of ether oxygens (including phenoxy) is 1. The zero-order valence-electron chi connectivity index (χ0n) is 12.1. The van der Waals surface area contributed by atoms with Gasteiger partial charge in [0.25, 0.3) is 0 Å². The summed E-state index contributed by atoms with van der Waals surface area (Å²) >= 11 is 5.32. The second kappa shape index (κ2) is 5.69. The lowest BCUT2D eigenvalue weighted by molar-refractivity contribution is -0.131. The van der Waals surface area contributed by atoms with Gasteiger partial charge < -0.3 is 9.15 Å². The molecule has 110 valence electrons. The molecule has 3 rings (SSSR count). The van der Waals surface area contributed by atoms with Crippen molar-refractivity contribution in [2.45, 2.75) is 13.8 Å². The molecule has 22 heavy (non-hydrogen) atoms. The zero-order chi connectivity index (χ0) is 15.7. The van der Waals surface area contributed by atoms with Crippen molar-refractivity contribution in [2.75, 3.05) is 0 Å². The van der Waals surface area contributed by atoms with E-state index in [2.05, 4.69) is 4.98 Å². The van der Waals surface area contributed by atoms with Gasteiger partial charge in [0, 0.05) is 12.5 Å². The molecule has 4 nitrogen and oxygen atoms in total. The number of benzene rings is 2. The topological polar surface area (TPSA) is 52.3 Å². The quantitative estimate of drug-likeness (QED) is 0.397. The van der Waals surface area contributed by atoms with Crippen LogP contribution in [0.3, 0.4) is 0 Å². The summed E-state index contributed by atoms with van der Waals surface area (Å²) in [5, 5.41) is 0.814. The fourth-order valence-electron chi connectivity index (χ4n) is 2.19. The van der Waals surface area contributed by atoms with Crippen LogP contribution in [0.2, 0.25) is 0 Å². The maximum atomic E-state index is 11.0. The fraction of sp³-hybridized carbons (Fsp3) is 0.118. The molecule has 0 saturated carbocycles. The first-order chi connectivity index (χ1) is 10.5. The number of rotatable bonds is 2. The molecule has 0 aliphatic heterocycles. The molecule has 0 fully saturated rings. The van der Waals surface area contributed by atoms with E-state index in [0.29, 0.717) is 21.9 Å². The van der Waals surface area contributed by atoms with E-state index in [-0.39, 0.29) is 5.97 Å². The van der Waals surface area contributed by atoms with Gasteiger partial charge in [-0.2, -0.15) is 0 Å². The molecule has 0 spiro atoms. The summed E-state index contributed by atoms with van der Waals surface area (Å²) < 4.78 is 11.4. The normalized spacial score (nSPS) is 10.6. The van der Waals surface area contributed by atoms with Gasteiger partial charge in [-0.3, -0.25) is 4.79 Å². The summed E-state index contributed by atoms with van der Waals surface area (Å²) in [7, 11) is 0. The molecule has 0 saturated heterocycles. The standard InChI is InChI=1S/C17H13NO3S/c1-10-9-12(7-8-14(10)20-11(2)19)16-18-17(22)13-5-3-4-6-15(13)21-16/h3-9H,1-2H3. The van der Waals surface area contributed by atoms with Gasteiger partial charge in [0.1, 0.15) is 16.0 Å². The highest BCUT2D eigenvalue weighted by atomic mass is 32.1. The number of aromatic nitrogens is 1. The van der Waals surface area contributed by atoms with Gasteiger partial charge in [-0.1, -0.05) is 24.4 Å². The van der Waals surface area contributed by atoms with E-state index in [1.54, 1.807) is 12.1 Å². The van der Waals surface area contributed by atoms with E-state index in [1.807, 2.05) is 37.3 Å². The maximum absolute atomic E-state index is 11.0. The summed E-state index contributed by atoms with van der Waals surface area (Å²) in [5.41, 5.74) is 2.30. The third kappa shape index (κ3) is 2.76. The van der Waals surface area contributed by atoms with Crippen LogP contribution in [0.1, 0.15) is 12.5 Å². The van der Waals surface area contributed by atoms with Crippen LogP contribution in [0, 0.1) is 11.6 Å². The molecule has 2 aromatic carbocycles. The lowest BCUT2D eigenvalue weighted by Crippen LogP contribution is -2.02. The molecule has 0 aliphatic carbocycles. The summed E-state index contributed by atoms with van der Waals surface area (Å²) in [5.74, 6) is 0.619. The van der Waals surface area contributed by atoms with Gasteiger partial charge in [0.05, 0.1) is 5.39 Å². The van der Waals surface area contributed by atoms with Crippen molar-refractivity contribution < 1.29 is 13.9 Å². The Morgan fingerprint density at radius 2 is 2.00 bits per heavy atom. The molecule has 1 heterocycles. The van der Waals surface area contributed by atoms with Gasteiger partial charge in [-0.25, -0.2) is 4.98 Å². The highest BCUT2D eigenvalue weighted by Crippen LogP contribution is 2.27. The average Bonchev–Trinajstić information content (AvgIpc) is 2.49. The van der Waals surface area contributed by atoms with Crippen molar-refractivity contribution in [2.24, 2.45) is 0 Å². The molecule has 0 N–H and O–H groups in total. The predicted molar refractivity (Wildman–Crippen MR) is 86.3 cm³/mol. The van der Waals surface area contributed by atoms with Crippen molar-refractivity contribution in [3.8, 4) is 17.2 Å². The first kappa shape index (κ1) is 14.4. The summed E-state index contributed by atoms with van der Waals surface area (Å²) in [6.45, 7) is 3.23. The molecule has 0 atom stereocenters. The lowest BCUT2D eigenvalue weighted by Gasteiger charge is -2.08. The van der Waals surface area contributed by atoms with Crippen LogP contribution in [0.25, 0.3) is 22.4 Å². The van der Waals surface area contributed by atoms with E-state index in [4.69, 9.17) is 21.4 Å². The summed E-state index contributed by atoms with van der Waals surface area (Å²) in [6, 6.07) is 12.9. The first-order valence-electron chi connectivity index (χ1n) is 6.74. The van der Waals surface area contributed by atoms with Crippen molar-refractivity contribution in [3.05, 3.63) is 52.7 Å². The Kier molecular flexibility index (Phi) is 3.73. The Hall–Kier alpha value is -2.53. The monoisotopic (exact) mass is 311 g/mol. The minimum absolute atomic E-state index is 0.350. The number of hydrogen-bond acceptors (Lipinski definition) is 5. The minimum atomic E-state index is -0.350. The molecular formula is C17H13NO3S. The molecule has 0 aliphatic rings. The average molecular weight is 311 g/mol. The zero-order valence-corrected chi connectivity index (χ0v) is 12.9. The van der Waals surface area contributed by atoms with Crippen LogP contribution in [-0.2, 0) is 4.79 Å². The van der Waals surface area contributed by atoms with Gasteiger partial charge in [-0.05, 0) is 42.8 Å². The SMILES string of the molecule is CC(=O)Oc1ccc(-c2nc(=S)c3ccccc3o2)cc1C. The van der Waals surface area contributed by atoms with Crippen molar-refractivity contribution in [1.29, 1.82) is 0 Å². The molecule has 0 unspecified atom stereocenters. The molecular weight excluding hydrogens is 298 g/mol. The number of aryl methyl sites for hydroxylation is 1. The predicted octanol–water partition coefficient (Wildman–Crippen LogP) is 4.46. The molecule has 0 amide bonds. The third-order valence-corrected chi connectivity index (χ3v) is 3.51. The molecule has 0 bridgehead atoms. The van der Waals surface area contributed by atoms with E-state index in [9.17, 15) is 4.79 Å². The molecule has 0 radical (unpaired) electrons. The Morgan fingerprint density at radius 1 is 1.23 bits per heavy atom. The van der Waals surface area contributed by atoms with Crippen molar-refractivity contribution in [3.63, 3.8) is 0 Å². The van der Waals surface area contributed by atoms with Crippen molar-refractivity contribution in [1.82, 2.24) is 4.98 Å². The Bertz CT molecular complexity index is 931. The van der Waals surface area contributed by atoms with E-state index < -0.39 is 0 Å². The van der Waals surface area contributed by atoms with Crippen LogP contribution in [0.4, 0.5) is 0 Å². The van der Waals surface area contributed by atoms with Crippen molar-refractivity contribution >= 4 is 29.2 Å². The Labute approximate surface area is 132 Å². The number of fused-ring (bicyclic) bond motifs is 1. The summed E-state index contributed by atoms with van der Waals surface area (Å²) in [6.07, 6.45) is 0. The smallest absolute Gasteiger partial charge is 0.308 e. The maximum Gasteiger partial charge on any atom is 0.308 e. The number of hydrogen-bond donors (Lipinski definition) is 0. The number of carbonyl (C=O) groups is 1. The van der Waals surface area contributed by atoms with Crippen LogP contribution in [0.5, 0.6) is 5.75 Å². The highest BCUT2D eigenvalue weighted by Gasteiger charge is 2.09. The Balaban J connectivity index is 2.10. The number of carbonyl (C=O) groups excluding carboxylic acids is 1. The summed E-state index contributed by atoms with van der Waals surface area (Å²) in [4.78, 5) is 15.4. The number of nitrogens with zero attached hydrogens (tertiary/aromatic N) is 1. The molecule has 3 aromatic rings. The molecule has 1 aromatic heterocycles. The van der Waals surface area contributed by atoms with Crippen LogP contribution >= 0.6 is 12.2 Å². The lowest BCUT2D eigenvalue weighted by atomic mass is 10.1. The van der Waals surface area contributed by atoms with Crippen LogP contribution < -0.4 is 4.74 Å². The minimum Gasteiger partial charge on any atom is -0.438 e. The number of esters is 1. The second-order valence-corrected chi connectivity index (χ2v) is 5.28.